The van der Waals surface area contributed by atoms with E-state index in [1.807, 2.05) is 6.92 Å². The van der Waals surface area contributed by atoms with Crippen molar-refractivity contribution in [3.8, 4) is 10.6 Å². The van der Waals surface area contributed by atoms with Gasteiger partial charge in [-0.2, -0.15) is 14.2 Å². The number of halogens is 2. The van der Waals surface area contributed by atoms with E-state index in [1.54, 1.807) is 0 Å². The Balaban J connectivity index is 1.24. The number of allylic oxidation sites excluding steroid dienone is 1. The van der Waals surface area contributed by atoms with Crippen molar-refractivity contribution in [1.29, 1.82) is 5.41 Å². The molecule has 1 saturated heterocycles. The summed E-state index contributed by atoms with van der Waals surface area (Å²) in [6.45, 7) is 6.74. The van der Waals surface area contributed by atoms with Crippen LogP contribution >= 0.6 is 11.3 Å². The minimum Gasteiger partial charge on any atom is -0.448 e. The molecule has 0 radical (unpaired) electrons. The van der Waals surface area contributed by atoms with E-state index in [9.17, 15) is 18.4 Å². The van der Waals surface area contributed by atoms with Gasteiger partial charge in [-0.15, -0.1) is 11.3 Å². The number of aromatic nitrogens is 4. The van der Waals surface area contributed by atoms with Crippen LogP contribution in [0, 0.1) is 17.2 Å². The second-order valence-corrected chi connectivity index (χ2v) is 11.7. The minimum absolute atomic E-state index is 0.000289. The molecule has 3 aromatic rings. The van der Waals surface area contributed by atoms with E-state index in [0.717, 1.165) is 66.3 Å². The van der Waals surface area contributed by atoms with Crippen molar-refractivity contribution in [2.75, 3.05) is 46.1 Å². The number of hydrogen-bond acceptors (Lipinski definition) is 12. The van der Waals surface area contributed by atoms with Gasteiger partial charge >= 0.3 is 6.09 Å². The number of aliphatic imine (C=N–C) groups is 1. The number of thiazole rings is 1. The SMILES string of the molecule is CCOC1CCC(=N/C=C(/NC(=O)c2csc(-c3cnn(C(=O)OCCCN4CCOCC4)c3)n2)C(=N)c2nc(F)ccc2F)CC1. The molecular formula is C31H36F2N8O5S. The van der Waals surface area contributed by atoms with Crippen LogP contribution in [0.1, 0.15) is 55.2 Å². The summed E-state index contributed by atoms with van der Waals surface area (Å²) in [6, 6.07) is 1.71. The van der Waals surface area contributed by atoms with Crippen molar-refractivity contribution in [3.63, 3.8) is 0 Å². The van der Waals surface area contributed by atoms with E-state index in [2.05, 4.69) is 30.3 Å². The first-order chi connectivity index (χ1) is 22.8. The number of pyridine rings is 1. The lowest BCUT2D eigenvalue weighted by molar-refractivity contribution is 0.0344. The van der Waals surface area contributed by atoms with Crippen molar-refractivity contribution in [2.24, 2.45) is 4.99 Å². The Morgan fingerprint density at radius 1 is 1.21 bits per heavy atom. The first kappa shape index (κ1) is 34.1. The van der Waals surface area contributed by atoms with E-state index in [0.29, 0.717) is 49.7 Å². The molecule has 0 atom stereocenters. The molecular weight excluding hydrogens is 634 g/mol. The molecule has 1 saturated carbocycles. The third-order valence-electron chi connectivity index (χ3n) is 7.56. The molecule has 4 heterocycles. The average Bonchev–Trinajstić information content (AvgIpc) is 3.78. The highest BCUT2D eigenvalue weighted by molar-refractivity contribution is 7.13. The van der Waals surface area contributed by atoms with Gasteiger partial charge in [-0.05, 0) is 51.2 Å². The molecule has 2 fully saturated rings. The van der Waals surface area contributed by atoms with Crippen molar-refractivity contribution >= 4 is 34.8 Å². The van der Waals surface area contributed by atoms with Crippen LogP contribution < -0.4 is 5.32 Å². The number of hydrogen-bond donors (Lipinski definition) is 2. The Bertz CT molecular complexity index is 1620. The maximum Gasteiger partial charge on any atom is 0.434 e. The quantitative estimate of drug-likeness (QED) is 0.162. The molecule has 3 aromatic heterocycles. The lowest BCUT2D eigenvalue weighted by atomic mass is 9.95. The Labute approximate surface area is 274 Å². The highest BCUT2D eigenvalue weighted by atomic mass is 32.1. The van der Waals surface area contributed by atoms with Crippen LogP contribution in [0.15, 0.2) is 46.8 Å². The topological polar surface area (TPSA) is 157 Å². The van der Waals surface area contributed by atoms with Crippen molar-refractivity contribution in [1.82, 2.24) is 30.0 Å². The summed E-state index contributed by atoms with van der Waals surface area (Å²) in [5.74, 6) is -2.60. The van der Waals surface area contributed by atoms with Crippen molar-refractivity contribution < 1.29 is 32.6 Å². The van der Waals surface area contributed by atoms with E-state index < -0.39 is 35.2 Å². The Kier molecular flexibility index (Phi) is 12.0. The van der Waals surface area contributed by atoms with Gasteiger partial charge in [0.15, 0.2) is 5.82 Å². The molecule has 47 heavy (non-hydrogen) atoms. The van der Waals surface area contributed by atoms with Gasteiger partial charge in [0.05, 0.1) is 44.0 Å². The summed E-state index contributed by atoms with van der Waals surface area (Å²) in [5, 5.41) is 17.1. The first-order valence-corrected chi connectivity index (χ1v) is 16.3. The molecule has 0 unspecified atom stereocenters. The summed E-state index contributed by atoms with van der Waals surface area (Å²) in [7, 11) is 0. The maximum atomic E-state index is 14.5. The first-order valence-electron chi connectivity index (χ1n) is 15.4. The van der Waals surface area contributed by atoms with Gasteiger partial charge < -0.3 is 19.5 Å². The lowest BCUT2D eigenvalue weighted by Crippen LogP contribution is -2.37. The van der Waals surface area contributed by atoms with Gasteiger partial charge in [-0.1, -0.05) is 0 Å². The van der Waals surface area contributed by atoms with Gasteiger partial charge in [0, 0.05) is 49.1 Å². The summed E-state index contributed by atoms with van der Waals surface area (Å²) in [6.07, 6.45) is 7.23. The van der Waals surface area contributed by atoms with Crippen LogP contribution in [-0.2, 0) is 14.2 Å². The standard InChI is InChI=1S/C31H36F2N8O5S/c1-2-45-22-6-4-21(5-7-22)35-17-24(27(34)28-23(32)8-9-26(33)39-28)37-29(42)25-19-47-30(38-25)20-16-36-41(18-20)31(43)46-13-3-10-40-11-14-44-15-12-40/h8-9,16-19,22,34H,2-7,10-15H2,1H3,(H,37,42)/b24-17+,34-27?,35-21?. The zero-order chi connectivity index (χ0) is 33.2. The zero-order valence-electron chi connectivity index (χ0n) is 25.9. The summed E-state index contributed by atoms with van der Waals surface area (Å²) >= 11 is 1.14. The summed E-state index contributed by atoms with van der Waals surface area (Å²) in [5.41, 5.74) is 0.0172. The van der Waals surface area contributed by atoms with E-state index >= 15 is 0 Å². The summed E-state index contributed by atoms with van der Waals surface area (Å²) in [4.78, 5) is 40.3. The van der Waals surface area contributed by atoms with E-state index in [1.165, 1.54) is 24.0 Å². The predicted molar refractivity (Wildman–Crippen MR) is 170 cm³/mol. The van der Waals surface area contributed by atoms with Gasteiger partial charge in [-0.25, -0.2) is 19.2 Å². The molecule has 2 aliphatic rings. The van der Waals surface area contributed by atoms with Gasteiger partial charge in [-0.3, -0.25) is 20.1 Å². The Morgan fingerprint density at radius 2 is 2.00 bits per heavy atom. The van der Waals surface area contributed by atoms with Crippen molar-refractivity contribution in [2.45, 2.75) is 45.1 Å². The highest BCUT2D eigenvalue weighted by Crippen LogP contribution is 2.24. The third kappa shape index (κ3) is 9.41. The van der Waals surface area contributed by atoms with E-state index in [4.69, 9.17) is 19.6 Å². The molecule has 0 aromatic carbocycles. The van der Waals surface area contributed by atoms with Gasteiger partial charge in [0.2, 0.25) is 5.95 Å². The molecule has 13 nitrogen and oxygen atoms in total. The number of morpholine rings is 1. The van der Waals surface area contributed by atoms with E-state index in [-0.39, 0.29) is 24.1 Å². The van der Waals surface area contributed by atoms with Crippen molar-refractivity contribution in [3.05, 3.63) is 65.0 Å². The predicted octanol–water partition coefficient (Wildman–Crippen LogP) is 4.45. The molecule has 0 bridgehead atoms. The number of carbonyl (C=O) groups is 2. The van der Waals surface area contributed by atoms with Crippen LogP contribution in [-0.4, -0.2) is 100 Å². The second kappa shape index (κ2) is 16.5. The molecule has 1 aliphatic carbocycles. The maximum absolute atomic E-state index is 14.5. The zero-order valence-corrected chi connectivity index (χ0v) is 26.7. The molecule has 250 valence electrons. The van der Waals surface area contributed by atoms with Crippen LogP contribution in [0.25, 0.3) is 10.6 Å². The Hall–Kier alpha value is -4.25. The second-order valence-electron chi connectivity index (χ2n) is 10.8. The number of rotatable bonds is 12. The highest BCUT2D eigenvalue weighted by Gasteiger charge is 2.22. The number of carbonyl (C=O) groups excluding carboxylic acids is 2. The smallest absolute Gasteiger partial charge is 0.434 e. The van der Waals surface area contributed by atoms with Crippen LogP contribution in [0.5, 0.6) is 0 Å². The number of ether oxygens (including phenoxy) is 3. The van der Waals surface area contributed by atoms with Crippen LogP contribution in [0.2, 0.25) is 0 Å². The number of nitrogens with one attached hydrogen (secondary N) is 2. The number of nitrogens with zero attached hydrogens (tertiary/aromatic N) is 6. The molecule has 1 amide bonds. The minimum atomic E-state index is -0.973. The molecule has 2 N–H and O–H groups in total. The summed E-state index contributed by atoms with van der Waals surface area (Å²) < 4.78 is 45.8. The average molecular weight is 671 g/mol. The monoisotopic (exact) mass is 670 g/mol. The fourth-order valence-electron chi connectivity index (χ4n) is 5.06. The van der Waals surface area contributed by atoms with Gasteiger partial charge in [0.1, 0.15) is 22.1 Å². The lowest BCUT2D eigenvalue weighted by Gasteiger charge is -2.26. The fraction of sp³-hybridized carbons (Fsp3) is 0.452. The third-order valence-corrected chi connectivity index (χ3v) is 8.45. The number of amides is 1. The Morgan fingerprint density at radius 3 is 2.77 bits per heavy atom. The fourth-order valence-corrected chi connectivity index (χ4v) is 5.84. The van der Waals surface area contributed by atoms with Gasteiger partial charge in [0.25, 0.3) is 5.91 Å². The molecule has 1 aliphatic heterocycles. The van der Waals surface area contributed by atoms with Crippen LogP contribution in [0.3, 0.4) is 0 Å². The molecule has 0 spiro atoms. The largest absolute Gasteiger partial charge is 0.448 e. The normalized spacial score (nSPS) is 17.4. The van der Waals surface area contributed by atoms with Crippen LogP contribution in [0.4, 0.5) is 13.6 Å². The molecule has 16 heteroatoms. The molecule has 5 rings (SSSR count).